The van der Waals surface area contributed by atoms with Gasteiger partial charge in [0.1, 0.15) is 11.0 Å². The minimum absolute atomic E-state index is 0.205. The van der Waals surface area contributed by atoms with Crippen molar-refractivity contribution in [3.63, 3.8) is 0 Å². The van der Waals surface area contributed by atoms with Gasteiger partial charge in [-0.2, -0.15) is 0 Å². The molecule has 0 fully saturated rings. The molecule has 3 rings (SSSR count). The van der Waals surface area contributed by atoms with Crippen LogP contribution in [-0.4, -0.2) is 35.0 Å². The van der Waals surface area contributed by atoms with E-state index in [9.17, 15) is 9.59 Å². The smallest absolute Gasteiger partial charge is 0.318 e. The first-order chi connectivity index (χ1) is 12.5. The van der Waals surface area contributed by atoms with Crippen molar-refractivity contribution < 1.29 is 14.3 Å². The lowest BCUT2D eigenvalue weighted by atomic mass is 10.2. The molecule has 26 heavy (non-hydrogen) atoms. The zero-order valence-corrected chi connectivity index (χ0v) is 15.4. The lowest BCUT2D eigenvalue weighted by Gasteiger charge is -2.16. The molecule has 6 nitrogen and oxygen atoms in total. The van der Waals surface area contributed by atoms with Crippen LogP contribution in [0, 0.1) is 0 Å². The van der Waals surface area contributed by atoms with Gasteiger partial charge in [-0.25, -0.2) is 4.98 Å². The molecule has 1 atom stereocenters. The Labute approximate surface area is 154 Å². The standard InChI is InChI=1S/C19H18N2O4S/c1-12(18(23)25-3)26-19-20-16-10-5-4-9-15(16)17(22)21(19)13-7-6-8-14(11-13)24-2/h4-12H,1-3H3/t12-/m1/s1. The lowest BCUT2D eigenvalue weighted by molar-refractivity contribution is -0.139. The first-order valence-corrected chi connectivity index (χ1v) is 8.84. The summed E-state index contributed by atoms with van der Waals surface area (Å²) in [5, 5.41) is 0.412. The summed E-state index contributed by atoms with van der Waals surface area (Å²) < 4.78 is 11.5. The van der Waals surface area contributed by atoms with Crippen LogP contribution in [0.1, 0.15) is 6.92 Å². The monoisotopic (exact) mass is 370 g/mol. The third-order valence-electron chi connectivity index (χ3n) is 3.87. The number of benzene rings is 2. The van der Waals surface area contributed by atoms with Crippen LogP contribution in [0.4, 0.5) is 0 Å². The van der Waals surface area contributed by atoms with Gasteiger partial charge in [-0.05, 0) is 31.2 Å². The van der Waals surface area contributed by atoms with Crippen molar-refractivity contribution in [1.82, 2.24) is 9.55 Å². The van der Waals surface area contributed by atoms with E-state index in [0.29, 0.717) is 27.5 Å². The Balaban J connectivity index is 2.23. The van der Waals surface area contributed by atoms with Gasteiger partial charge in [-0.1, -0.05) is 30.0 Å². The van der Waals surface area contributed by atoms with E-state index in [2.05, 4.69) is 4.98 Å². The average Bonchev–Trinajstić information content (AvgIpc) is 2.67. The summed E-state index contributed by atoms with van der Waals surface area (Å²) in [4.78, 5) is 29.6. The van der Waals surface area contributed by atoms with Gasteiger partial charge in [0.15, 0.2) is 5.16 Å². The normalized spacial score (nSPS) is 12.0. The summed E-state index contributed by atoms with van der Waals surface area (Å²) in [5.74, 6) is 0.245. The number of hydrogen-bond acceptors (Lipinski definition) is 6. The topological polar surface area (TPSA) is 70.4 Å². The highest BCUT2D eigenvalue weighted by Crippen LogP contribution is 2.26. The van der Waals surface area contributed by atoms with E-state index in [-0.39, 0.29) is 11.5 Å². The van der Waals surface area contributed by atoms with Gasteiger partial charge in [0.2, 0.25) is 0 Å². The number of hydrogen-bond donors (Lipinski definition) is 0. The average molecular weight is 370 g/mol. The maximum atomic E-state index is 13.1. The van der Waals surface area contributed by atoms with Gasteiger partial charge in [-0.3, -0.25) is 14.2 Å². The molecule has 1 aromatic heterocycles. The van der Waals surface area contributed by atoms with Gasteiger partial charge in [0, 0.05) is 6.07 Å². The van der Waals surface area contributed by atoms with Crippen LogP contribution < -0.4 is 10.3 Å². The number of carbonyl (C=O) groups is 1. The van der Waals surface area contributed by atoms with Gasteiger partial charge in [-0.15, -0.1) is 0 Å². The summed E-state index contributed by atoms with van der Waals surface area (Å²) in [6, 6.07) is 14.3. The van der Waals surface area contributed by atoms with E-state index in [1.54, 1.807) is 56.5 Å². The van der Waals surface area contributed by atoms with Crippen molar-refractivity contribution in [2.75, 3.05) is 14.2 Å². The van der Waals surface area contributed by atoms with E-state index in [0.717, 1.165) is 0 Å². The highest BCUT2D eigenvalue weighted by molar-refractivity contribution is 8.00. The Hall–Kier alpha value is -2.80. The predicted octanol–water partition coefficient (Wildman–Crippen LogP) is 3.05. The Morgan fingerprint density at radius 3 is 2.65 bits per heavy atom. The maximum Gasteiger partial charge on any atom is 0.318 e. The highest BCUT2D eigenvalue weighted by Gasteiger charge is 2.20. The largest absolute Gasteiger partial charge is 0.497 e. The van der Waals surface area contributed by atoms with E-state index in [4.69, 9.17) is 9.47 Å². The lowest BCUT2D eigenvalue weighted by Crippen LogP contribution is -2.24. The molecule has 2 aromatic carbocycles. The molecule has 0 aliphatic rings. The van der Waals surface area contributed by atoms with Gasteiger partial charge in [0.05, 0.1) is 30.8 Å². The second-order valence-corrected chi connectivity index (χ2v) is 6.84. The van der Waals surface area contributed by atoms with E-state index in [1.165, 1.54) is 23.4 Å². The minimum atomic E-state index is -0.509. The summed E-state index contributed by atoms with van der Waals surface area (Å²) >= 11 is 1.18. The molecule has 0 saturated carbocycles. The SMILES string of the molecule is COC(=O)[C@@H](C)Sc1nc2ccccc2c(=O)n1-c1cccc(OC)c1. The molecule has 7 heteroatoms. The van der Waals surface area contributed by atoms with E-state index < -0.39 is 5.25 Å². The van der Waals surface area contributed by atoms with Crippen molar-refractivity contribution in [3.8, 4) is 11.4 Å². The first kappa shape index (κ1) is 18.0. The number of fused-ring (bicyclic) bond motifs is 1. The fraction of sp³-hybridized carbons (Fsp3) is 0.211. The molecule has 0 saturated heterocycles. The fourth-order valence-corrected chi connectivity index (χ4v) is 3.49. The van der Waals surface area contributed by atoms with Crippen molar-refractivity contribution in [1.29, 1.82) is 0 Å². The van der Waals surface area contributed by atoms with Gasteiger partial charge in [0.25, 0.3) is 5.56 Å². The minimum Gasteiger partial charge on any atom is -0.497 e. The van der Waals surface area contributed by atoms with E-state index >= 15 is 0 Å². The zero-order chi connectivity index (χ0) is 18.7. The number of thioether (sulfide) groups is 1. The number of para-hydroxylation sites is 1. The first-order valence-electron chi connectivity index (χ1n) is 7.96. The molecule has 0 spiro atoms. The Bertz CT molecular complexity index is 1020. The predicted molar refractivity (Wildman–Crippen MR) is 101 cm³/mol. The second kappa shape index (κ2) is 7.61. The van der Waals surface area contributed by atoms with Crippen molar-refractivity contribution >= 4 is 28.6 Å². The Morgan fingerprint density at radius 1 is 1.15 bits per heavy atom. The highest BCUT2D eigenvalue weighted by atomic mass is 32.2. The summed E-state index contributed by atoms with van der Waals surface area (Å²) in [6.07, 6.45) is 0. The van der Waals surface area contributed by atoms with Crippen molar-refractivity contribution in [3.05, 3.63) is 58.9 Å². The Morgan fingerprint density at radius 2 is 1.92 bits per heavy atom. The third-order valence-corrected chi connectivity index (χ3v) is 4.90. The van der Waals surface area contributed by atoms with Crippen LogP contribution in [0.3, 0.4) is 0 Å². The zero-order valence-electron chi connectivity index (χ0n) is 14.6. The number of methoxy groups -OCH3 is 2. The van der Waals surface area contributed by atoms with Gasteiger partial charge < -0.3 is 9.47 Å². The second-order valence-electron chi connectivity index (χ2n) is 5.54. The molecular weight excluding hydrogens is 352 g/mol. The molecule has 0 aliphatic carbocycles. The summed E-state index contributed by atoms with van der Waals surface area (Å²) in [5.41, 5.74) is 0.992. The molecule has 0 N–H and O–H groups in total. The molecule has 1 heterocycles. The molecular formula is C19H18N2O4S. The number of nitrogens with zero attached hydrogens (tertiary/aromatic N) is 2. The summed E-state index contributed by atoms with van der Waals surface area (Å²) in [6.45, 7) is 1.72. The number of ether oxygens (including phenoxy) is 2. The quantitative estimate of drug-likeness (QED) is 0.391. The van der Waals surface area contributed by atoms with Crippen LogP contribution in [0.25, 0.3) is 16.6 Å². The van der Waals surface area contributed by atoms with Crippen LogP contribution in [0.5, 0.6) is 5.75 Å². The van der Waals surface area contributed by atoms with Crippen molar-refractivity contribution in [2.24, 2.45) is 0 Å². The number of esters is 1. The van der Waals surface area contributed by atoms with Crippen LogP contribution >= 0.6 is 11.8 Å². The van der Waals surface area contributed by atoms with Gasteiger partial charge >= 0.3 is 5.97 Å². The number of rotatable bonds is 5. The molecule has 0 radical (unpaired) electrons. The third kappa shape index (κ3) is 3.43. The van der Waals surface area contributed by atoms with Crippen LogP contribution in [0.15, 0.2) is 58.5 Å². The fourth-order valence-electron chi connectivity index (χ4n) is 2.54. The molecule has 0 amide bonds. The molecule has 0 aliphatic heterocycles. The Kier molecular flexibility index (Phi) is 5.27. The number of carbonyl (C=O) groups excluding carboxylic acids is 1. The molecule has 3 aromatic rings. The number of aromatic nitrogens is 2. The molecule has 0 unspecified atom stereocenters. The summed E-state index contributed by atoms with van der Waals surface area (Å²) in [7, 11) is 2.90. The molecule has 0 bridgehead atoms. The van der Waals surface area contributed by atoms with Crippen LogP contribution in [0.2, 0.25) is 0 Å². The van der Waals surface area contributed by atoms with E-state index in [1.807, 2.05) is 6.07 Å². The molecule has 134 valence electrons. The van der Waals surface area contributed by atoms with Crippen LogP contribution in [-0.2, 0) is 9.53 Å². The maximum absolute atomic E-state index is 13.1. The van der Waals surface area contributed by atoms with Crippen molar-refractivity contribution in [2.45, 2.75) is 17.3 Å².